The molecule has 1 aromatic heterocycles. The molecule has 1 atom stereocenters. The zero-order valence-corrected chi connectivity index (χ0v) is 18.4. The normalized spacial score (nSPS) is 14.8. The highest BCUT2D eigenvalue weighted by molar-refractivity contribution is 6.12. The summed E-state index contributed by atoms with van der Waals surface area (Å²) in [6, 6.07) is 18.4. The summed E-state index contributed by atoms with van der Waals surface area (Å²) in [5, 5.41) is 26.8. The van der Waals surface area contributed by atoms with E-state index in [1.54, 1.807) is 29.2 Å². The number of nitrogens with zero attached hydrogens (tertiary/aromatic N) is 2. The maximum absolute atomic E-state index is 13.6. The number of fused-ring (bicyclic) bond motifs is 1. The van der Waals surface area contributed by atoms with Crippen LogP contribution in [0.2, 0.25) is 0 Å². The predicted molar refractivity (Wildman–Crippen MR) is 125 cm³/mol. The van der Waals surface area contributed by atoms with Gasteiger partial charge in [0.25, 0.3) is 5.91 Å². The summed E-state index contributed by atoms with van der Waals surface area (Å²) in [7, 11) is 1.46. The number of hydrogen-bond donors (Lipinski definition) is 3. The molecule has 1 aliphatic heterocycles. The van der Waals surface area contributed by atoms with E-state index < -0.39 is 12.0 Å². The molecule has 0 fully saturated rings. The number of benzene rings is 3. The lowest BCUT2D eigenvalue weighted by molar-refractivity contribution is 0.0696. The number of nitrogens with one attached hydrogen (secondary N) is 1. The highest BCUT2D eigenvalue weighted by atomic mass is 16.5. The molecule has 0 saturated heterocycles. The van der Waals surface area contributed by atoms with Crippen LogP contribution in [0, 0.1) is 6.92 Å². The molecule has 34 heavy (non-hydrogen) atoms. The van der Waals surface area contributed by atoms with E-state index in [9.17, 15) is 19.8 Å². The number of hydrogen-bond acceptors (Lipinski definition) is 5. The van der Waals surface area contributed by atoms with Crippen LogP contribution < -0.4 is 9.64 Å². The van der Waals surface area contributed by atoms with Gasteiger partial charge in [-0.3, -0.25) is 14.8 Å². The number of amides is 1. The summed E-state index contributed by atoms with van der Waals surface area (Å²) in [5.74, 6) is -1.07. The summed E-state index contributed by atoms with van der Waals surface area (Å²) in [5.41, 5.74) is 5.02. The topological polar surface area (TPSA) is 116 Å². The molecule has 4 aromatic rings. The molecule has 1 unspecified atom stereocenters. The van der Waals surface area contributed by atoms with Gasteiger partial charge in [-0.1, -0.05) is 35.9 Å². The van der Waals surface area contributed by atoms with Gasteiger partial charge in [0.2, 0.25) is 0 Å². The van der Waals surface area contributed by atoms with E-state index in [2.05, 4.69) is 10.2 Å². The van der Waals surface area contributed by atoms with Crippen LogP contribution in [0.5, 0.6) is 11.5 Å². The van der Waals surface area contributed by atoms with Gasteiger partial charge in [0.15, 0.2) is 11.5 Å². The number of carboxylic acids is 1. The smallest absolute Gasteiger partial charge is 0.335 e. The minimum Gasteiger partial charge on any atom is -0.504 e. The van der Waals surface area contributed by atoms with Crippen LogP contribution in [0.15, 0.2) is 66.7 Å². The number of H-pyrrole nitrogens is 1. The molecule has 0 aliphatic carbocycles. The number of phenols is 1. The first-order chi connectivity index (χ1) is 16.4. The monoisotopic (exact) mass is 455 g/mol. The number of methoxy groups -OCH3 is 1. The zero-order chi connectivity index (χ0) is 24.0. The van der Waals surface area contributed by atoms with Gasteiger partial charge in [-0.05, 0) is 48.9 Å². The van der Waals surface area contributed by atoms with Crippen LogP contribution in [0.25, 0.3) is 11.3 Å². The highest BCUT2D eigenvalue weighted by Crippen LogP contribution is 2.46. The Morgan fingerprint density at radius 3 is 2.41 bits per heavy atom. The molecule has 1 aliphatic rings. The Balaban J connectivity index is 1.71. The Morgan fingerprint density at radius 2 is 1.76 bits per heavy atom. The molecule has 8 nitrogen and oxygen atoms in total. The molecule has 2 heterocycles. The van der Waals surface area contributed by atoms with Crippen molar-refractivity contribution in [2.45, 2.75) is 13.0 Å². The minimum atomic E-state index is -1.05. The molecule has 170 valence electrons. The van der Waals surface area contributed by atoms with Crippen molar-refractivity contribution in [3.8, 4) is 22.8 Å². The van der Waals surface area contributed by atoms with E-state index in [1.807, 2.05) is 31.2 Å². The lowest BCUT2D eigenvalue weighted by Gasteiger charge is -2.27. The molecule has 8 heteroatoms. The molecular weight excluding hydrogens is 434 g/mol. The van der Waals surface area contributed by atoms with Crippen molar-refractivity contribution in [2.75, 3.05) is 12.0 Å². The summed E-state index contributed by atoms with van der Waals surface area (Å²) < 4.78 is 5.31. The third-order valence-electron chi connectivity index (χ3n) is 6.01. The SMILES string of the molecule is COc1cc(C2c3c(-c4ccc(C)cc4)n[nH]c3C(=O)N2c2ccc(C(=O)O)cc2)ccc1O. The number of phenolic OH excluding ortho intramolecular Hbond substituents is 1. The van der Waals surface area contributed by atoms with Crippen LogP contribution in [0.1, 0.15) is 43.6 Å². The van der Waals surface area contributed by atoms with Gasteiger partial charge >= 0.3 is 5.97 Å². The molecule has 0 saturated carbocycles. The number of carbonyl (C=O) groups is 2. The molecular formula is C26H21N3O5. The highest BCUT2D eigenvalue weighted by Gasteiger charge is 2.43. The maximum Gasteiger partial charge on any atom is 0.335 e. The number of ether oxygens (including phenoxy) is 1. The lowest BCUT2D eigenvalue weighted by Crippen LogP contribution is -2.29. The molecule has 0 bridgehead atoms. The molecule has 0 spiro atoms. The van der Waals surface area contributed by atoms with Crippen LogP contribution in [-0.4, -0.2) is 39.4 Å². The van der Waals surface area contributed by atoms with Gasteiger partial charge in [0.1, 0.15) is 5.69 Å². The number of aromatic hydroxyl groups is 1. The minimum absolute atomic E-state index is 0.0147. The van der Waals surface area contributed by atoms with E-state index in [0.717, 1.165) is 11.1 Å². The van der Waals surface area contributed by atoms with Crippen molar-refractivity contribution in [3.05, 3.63) is 94.7 Å². The number of aromatic amines is 1. The molecule has 1 amide bonds. The number of aryl methyl sites for hydroxylation is 1. The van der Waals surface area contributed by atoms with Crippen LogP contribution in [-0.2, 0) is 0 Å². The Morgan fingerprint density at radius 1 is 1.06 bits per heavy atom. The molecule has 3 aromatic carbocycles. The van der Waals surface area contributed by atoms with Crippen molar-refractivity contribution in [1.29, 1.82) is 0 Å². The van der Waals surface area contributed by atoms with Crippen LogP contribution >= 0.6 is 0 Å². The standard InChI is InChI=1S/C26H21N3O5/c1-14-3-5-15(6-4-14)22-21-23(28-27-22)25(31)29(18-10-7-16(8-11-18)26(32)33)24(21)17-9-12-19(30)20(13-17)34-2/h3-13,24,30H,1-2H3,(H,27,28)(H,32,33). The van der Waals surface area contributed by atoms with Crippen molar-refractivity contribution >= 4 is 17.6 Å². The molecule has 3 N–H and O–H groups in total. The van der Waals surface area contributed by atoms with Gasteiger partial charge in [0.05, 0.1) is 24.4 Å². The second kappa shape index (κ2) is 8.08. The average molecular weight is 455 g/mol. The number of anilines is 1. The molecule has 0 radical (unpaired) electrons. The number of aromatic nitrogens is 2. The first-order valence-corrected chi connectivity index (χ1v) is 10.6. The van der Waals surface area contributed by atoms with Crippen molar-refractivity contribution in [2.24, 2.45) is 0 Å². The number of aromatic carboxylic acids is 1. The summed E-state index contributed by atoms with van der Waals surface area (Å²) in [6.07, 6.45) is 0. The second-order valence-corrected chi connectivity index (χ2v) is 8.09. The Labute approximate surface area is 195 Å². The van der Waals surface area contributed by atoms with Crippen LogP contribution in [0.4, 0.5) is 5.69 Å². The third kappa shape index (κ3) is 3.36. The van der Waals surface area contributed by atoms with Gasteiger partial charge in [0, 0.05) is 16.8 Å². The number of carboxylic acid groups (broad SMARTS) is 1. The average Bonchev–Trinajstić information content (AvgIpc) is 3.39. The Bertz CT molecular complexity index is 1410. The van der Waals surface area contributed by atoms with E-state index in [1.165, 1.54) is 25.3 Å². The fourth-order valence-electron chi connectivity index (χ4n) is 4.29. The van der Waals surface area contributed by atoms with Gasteiger partial charge in [-0.15, -0.1) is 0 Å². The largest absolute Gasteiger partial charge is 0.504 e. The van der Waals surface area contributed by atoms with Gasteiger partial charge < -0.3 is 14.9 Å². The van der Waals surface area contributed by atoms with E-state index in [4.69, 9.17) is 4.74 Å². The zero-order valence-electron chi connectivity index (χ0n) is 18.4. The lowest BCUT2D eigenvalue weighted by atomic mass is 9.95. The van der Waals surface area contributed by atoms with E-state index in [0.29, 0.717) is 28.2 Å². The van der Waals surface area contributed by atoms with Gasteiger partial charge in [-0.2, -0.15) is 5.10 Å². The fraction of sp³-hybridized carbons (Fsp3) is 0.115. The van der Waals surface area contributed by atoms with Crippen LogP contribution in [0.3, 0.4) is 0 Å². The second-order valence-electron chi connectivity index (χ2n) is 8.09. The maximum atomic E-state index is 13.6. The van der Waals surface area contributed by atoms with Crippen molar-refractivity contribution in [1.82, 2.24) is 10.2 Å². The summed E-state index contributed by atoms with van der Waals surface area (Å²) in [4.78, 5) is 26.5. The third-order valence-corrected chi connectivity index (χ3v) is 6.01. The number of carbonyl (C=O) groups excluding carboxylic acids is 1. The van der Waals surface area contributed by atoms with Gasteiger partial charge in [-0.25, -0.2) is 4.79 Å². The Hall–Kier alpha value is -4.59. The summed E-state index contributed by atoms with van der Waals surface area (Å²) >= 11 is 0. The first-order valence-electron chi connectivity index (χ1n) is 10.6. The van der Waals surface area contributed by atoms with E-state index in [-0.39, 0.29) is 23.0 Å². The van der Waals surface area contributed by atoms with Crippen molar-refractivity contribution in [3.63, 3.8) is 0 Å². The fourth-order valence-corrected chi connectivity index (χ4v) is 4.29. The first kappa shape index (κ1) is 21.3. The molecule has 5 rings (SSSR count). The quantitative estimate of drug-likeness (QED) is 0.407. The van der Waals surface area contributed by atoms with Crippen molar-refractivity contribution < 1.29 is 24.5 Å². The van der Waals surface area contributed by atoms with E-state index >= 15 is 0 Å². The number of rotatable bonds is 5. The predicted octanol–water partition coefficient (Wildman–Crippen LogP) is 4.55. The Kier molecular flexibility index (Phi) is 5.05. The summed E-state index contributed by atoms with van der Waals surface area (Å²) in [6.45, 7) is 2.00.